The maximum Gasteiger partial charge on any atom is 0.434 e. The standard InChI is InChI=1S/C19H15F3N2O4/c1-27-16-4-2-3-14(11-16)18(19(20,21)22)12-23-17(28-18)10-7-13-5-8-15(9-6-13)24(25)26/h2-11H,12H2,1H3/b10-7+. The molecule has 1 aliphatic heterocycles. The molecular formula is C19H15F3N2O4. The second kappa shape index (κ2) is 7.34. The van der Waals surface area contributed by atoms with Gasteiger partial charge in [-0.05, 0) is 35.9 Å². The molecule has 0 aliphatic carbocycles. The largest absolute Gasteiger partial charge is 0.497 e. The molecule has 1 heterocycles. The number of ether oxygens (including phenoxy) is 2. The molecule has 0 N–H and O–H groups in total. The topological polar surface area (TPSA) is 74.0 Å². The molecule has 1 aliphatic rings. The molecule has 9 heteroatoms. The molecule has 0 aromatic heterocycles. The summed E-state index contributed by atoms with van der Waals surface area (Å²) in [7, 11) is 1.36. The molecule has 0 bridgehead atoms. The first-order chi connectivity index (χ1) is 13.2. The molecule has 0 saturated heterocycles. The first-order valence-electron chi connectivity index (χ1n) is 8.12. The first-order valence-corrected chi connectivity index (χ1v) is 8.12. The molecular weight excluding hydrogens is 377 g/mol. The molecule has 0 fully saturated rings. The quantitative estimate of drug-likeness (QED) is 0.555. The van der Waals surface area contributed by atoms with Crippen molar-refractivity contribution in [1.29, 1.82) is 0 Å². The lowest BCUT2D eigenvalue weighted by atomic mass is 9.93. The van der Waals surface area contributed by atoms with Crippen LogP contribution in [0.4, 0.5) is 18.9 Å². The van der Waals surface area contributed by atoms with E-state index in [0.717, 1.165) is 0 Å². The highest BCUT2D eigenvalue weighted by molar-refractivity contribution is 5.93. The van der Waals surface area contributed by atoms with Gasteiger partial charge in [0.05, 0.1) is 18.6 Å². The minimum Gasteiger partial charge on any atom is -0.497 e. The molecule has 0 amide bonds. The number of hydrogen-bond acceptors (Lipinski definition) is 5. The van der Waals surface area contributed by atoms with E-state index >= 15 is 0 Å². The Hall–Kier alpha value is -3.36. The van der Waals surface area contributed by atoms with Crippen molar-refractivity contribution in [3.05, 3.63) is 75.8 Å². The van der Waals surface area contributed by atoms with Crippen LogP contribution in [0.1, 0.15) is 11.1 Å². The van der Waals surface area contributed by atoms with Crippen LogP contribution in [0.3, 0.4) is 0 Å². The second-order valence-electron chi connectivity index (χ2n) is 6.00. The van der Waals surface area contributed by atoms with Crippen LogP contribution in [0.25, 0.3) is 6.08 Å². The molecule has 2 aromatic carbocycles. The number of nitro groups is 1. The second-order valence-corrected chi connectivity index (χ2v) is 6.00. The predicted octanol–water partition coefficient (Wildman–Crippen LogP) is 4.50. The van der Waals surface area contributed by atoms with E-state index < -0.39 is 23.2 Å². The Morgan fingerprint density at radius 1 is 1.21 bits per heavy atom. The Morgan fingerprint density at radius 3 is 2.54 bits per heavy atom. The van der Waals surface area contributed by atoms with Gasteiger partial charge in [0, 0.05) is 23.8 Å². The lowest BCUT2D eigenvalue weighted by molar-refractivity contribution is -0.384. The number of aliphatic imine (C=N–C) groups is 1. The Morgan fingerprint density at radius 2 is 1.93 bits per heavy atom. The highest BCUT2D eigenvalue weighted by Gasteiger charge is 2.61. The van der Waals surface area contributed by atoms with Gasteiger partial charge in [-0.2, -0.15) is 13.2 Å². The van der Waals surface area contributed by atoms with E-state index in [1.54, 1.807) is 6.07 Å². The summed E-state index contributed by atoms with van der Waals surface area (Å²) in [6, 6.07) is 11.1. The van der Waals surface area contributed by atoms with E-state index in [2.05, 4.69) is 4.99 Å². The number of methoxy groups -OCH3 is 1. The van der Waals surface area contributed by atoms with E-state index in [1.165, 1.54) is 61.7 Å². The van der Waals surface area contributed by atoms with E-state index in [4.69, 9.17) is 9.47 Å². The molecule has 6 nitrogen and oxygen atoms in total. The third kappa shape index (κ3) is 3.68. The molecule has 2 aromatic rings. The van der Waals surface area contributed by atoms with Crippen molar-refractivity contribution in [3.63, 3.8) is 0 Å². The number of alkyl halides is 3. The van der Waals surface area contributed by atoms with Crippen molar-refractivity contribution in [2.45, 2.75) is 11.8 Å². The van der Waals surface area contributed by atoms with Crippen molar-refractivity contribution in [1.82, 2.24) is 0 Å². The van der Waals surface area contributed by atoms with Crippen LogP contribution >= 0.6 is 0 Å². The number of non-ortho nitro benzene ring substituents is 1. The SMILES string of the molecule is COc1cccc(C2(C(F)(F)F)CN=C(/C=C/c3ccc([N+](=O)[O-])cc3)O2)c1. The van der Waals surface area contributed by atoms with Crippen molar-refractivity contribution in [2.24, 2.45) is 4.99 Å². The normalized spacial score (nSPS) is 19.4. The molecule has 0 spiro atoms. The Labute approximate surface area is 158 Å². The zero-order valence-corrected chi connectivity index (χ0v) is 14.6. The minimum atomic E-state index is -4.70. The summed E-state index contributed by atoms with van der Waals surface area (Å²) >= 11 is 0. The summed E-state index contributed by atoms with van der Waals surface area (Å²) < 4.78 is 51.9. The van der Waals surface area contributed by atoms with Gasteiger partial charge in [0.15, 0.2) is 0 Å². The van der Waals surface area contributed by atoms with Crippen LogP contribution < -0.4 is 4.74 Å². The van der Waals surface area contributed by atoms with Gasteiger partial charge in [-0.15, -0.1) is 0 Å². The highest BCUT2D eigenvalue weighted by Crippen LogP contribution is 2.46. The Kier molecular flexibility index (Phi) is 5.08. The fourth-order valence-corrected chi connectivity index (χ4v) is 2.73. The average Bonchev–Trinajstić information content (AvgIpc) is 3.12. The number of hydrogen-bond donors (Lipinski definition) is 0. The maximum absolute atomic E-state index is 13.9. The number of halogens is 3. The zero-order valence-electron chi connectivity index (χ0n) is 14.6. The van der Waals surface area contributed by atoms with Crippen molar-refractivity contribution >= 4 is 17.7 Å². The summed E-state index contributed by atoms with van der Waals surface area (Å²) in [5.74, 6) is 0.0955. The molecule has 1 unspecified atom stereocenters. The fourth-order valence-electron chi connectivity index (χ4n) is 2.73. The summed E-state index contributed by atoms with van der Waals surface area (Å²) in [5.41, 5.74) is -2.23. The third-order valence-corrected chi connectivity index (χ3v) is 4.25. The Balaban J connectivity index is 1.83. The van der Waals surface area contributed by atoms with Gasteiger partial charge < -0.3 is 9.47 Å². The van der Waals surface area contributed by atoms with Crippen LogP contribution in [-0.4, -0.2) is 30.7 Å². The Bertz CT molecular complexity index is 939. The zero-order chi connectivity index (χ0) is 20.4. The summed E-state index contributed by atoms with van der Waals surface area (Å²) in [6.45, 7) is -0.621. The van der Waals surface area contributed by atoms with Crippen molar-refractivity contribution < 1.29 is 27.6 Å². The molecule has 3 rings (SSSR count). The molecule has 1 atom stereocenters. The maximum atomic E-state index is 13.9. The van der Waals surface area contributed by atoms with Crippen LogP contribution in [0.15, 0.2) is 59.6 Å². The monoisotopic (exact) mass is 392 g/mol. The van der Waals surface area contributed by atoms with Gasteiger partial charge >= 0.3 is 6.18 Å². The van der Waals surface area contributed by atoms with Gasteiger partial charge in [-0.1, -0.05) is 12.1 Å². The number of nitrogens with zero attached hydrogens (tertiary/aromatic N) is 2. The predicted molar refractivity (Wildman–Crippen MR) is 96.2 cm³/mol. The lowest BCUT2D eigenvalue weighted by Crippen LogP contribution is -2.45. The smallest absolute Gasteiger partial charge is 0.434 e. The van der Waals surface area contributed by atoms with Crippen molar-refractivity contribution in [3.8, 4) is 5.75 Å². The average molecular weight is 392 g/mol. The van der Waals surface area contributed by atoms with Gasteiger partial charge in [0.1, 0.15) is 5.75 Å². The van der Waals surface area contributed by atoms with E-state index in [1.807, 2.05) is 0 Å². The van der Waals surface area contributed by atoms with Gasteiger partial charge in [-0.3, -0.25) is 10.1 Å². The van der Waals surface area contributed by atoms with Crippen molar-refractivity contribution in [2.75, 3.05) is 13.7 Å². The fraction of sp³-hybridized carbons (Fsp3) is 0.211. The molecule has 28 heavy (non-hydrogen) atoms. The van der Waals surface area contributed by atoms with Crippen LogP contribution in [0, 0.1) is 10.1 Å². The van der Waals surface area contributed by atoms with Crippen LogP contribution in [-0.2, 0) is 10.3 Å². The van der Waals surface area contributed by atoms with E-state index in [0.29, 0.717) is 5.56 Å². The highest BCUT2D eigenvalue weighted by atomic mass is 19.4. The summed E-state index contributed by atoms with van der Waals surface area (Å²) in [6.07, 6.45) is -1.93. The van der Waals surface area contributed by atoms with E-state index in [9.17, 15) is 23.3 Å². The molecule has 0 saturated carbocycles. The van der Waals surface area contributed by atoms with Crippen LogP contribution in [0.5, 0.6) is 5.75 Å². The first kappa shape index (κ1) is 19.4. The van der Waals surface area contributed by atoms with Gasteiger partial charge in [0.25, 0.3) is 5.69 Å². The van der Waals surface area contributed by atoms with E-state index in [-0.39, 0.29) is 22.9 Å². The third-order valence-electron chi connectivity index (χ3n) is 4.25. The summed E-state index contributed by atoms with van der Waals surface area (Å²) in [4.78, 5) is 14.0. The minimum absolute atomic E-state index is 0.0827. The molecule has 0 radical (unpaired) electrons. The summed E-state index contributed by atoms with van der Waals surface area (Å²) in [5, 5.41) is 10.7. The molecule has 146 valence electrons. The number of nitro benzene ring substituents is 1. The van der Waals surface area contributed by atoms with Crippen LogP contribution in [0.2, 0.25) is 0 Å². The van der Waals surface area contributed by atoms with Gasteiger partial charge in [0.2, 0.25) is 11.5 Å². The lowest BCUT2D eigenvalue weighted by Gasteiger charge is -2.31. The van der Waals surface area contributed by atoms with Gasteiger partial charge in [-0.25, -0.2) is 4.99 Å². The number of benzene rings is 2. The number of rotatable bonds is 5.